The van der Waals surface area contributed by atoms with E-state index in [9.17, 15) is 9.59 Å². The summed E-state index contributed by atoms with van der Waals surface area (Å²) in [6, 6.07) is 11.3. The minimum absolute atomic E-state index is 0.125. The number of hydrogen-bond acceptors (Lipinski definition) is 4. The van der Waals surface area contributed by atoms with Crippen molar-refractivity contribution >= 4 is 28.0 Å². The number of aromatic nitrogens is 2. The van der Waals surface area contributed by atoms with Crippen LogP contribution in [0.15, 0.2) is 46.6 Å². The lowest BCUT2D eigenvalue weighted by molar-refractivity contribution is 0.0747. The molecule has 3 rings (SSSR count). The molecule has 0 unspecified atom stereocenters. The number of thiophene rings is 1. The van der Waals surface area contributed by atoms with Gasteiger partial charge in [-0.05, 0) is 30.9 Å². The number of nitrogens with zero attached hydrogens (tertiary/aromatic N) is 3. The first kappa shape index (κ1) is 19.3. The molecule has 0 aliphatic carbocycles. The Hall–Kier alpha value is -2.47. The Morgan fingerprint density at radius 3 is 2.56 bits per heavy atom. The third-order valence-electron chi connectivity index (χ3n) is 4.64. The van der Waals surface area contributed by atoms with E-state index < -0.39 is 0 Å². The number of aryl methyl sites for hydroxylation is 1. The number of benzene rings is 1. The van der Waals surface area contributed by atoms with Crippen LogP contribution in [0, 0.1) is 0 Å². The molecule has 0 atom stereocenters. The molecule has 142 valence electrons. The van der Waals surface area contributed by atoms with E-state index in [1.165, 1.54) is 4.68 Å². The molecule has 0 spiro atoms. The summed E-state index contributed by atoms with van der Waals surface area (Å²) < 4.78 is 1.46. The van der Waals surface area contributed by atoms with Gasteiger partial charge in [0.1, 0.15) is 0 Å². The van der Waals surface area contributed by atoms with E-state index in [0.717, 1.165) is 24.1 Å². The lowest BCUT2D eigenvalue weighted by Crippen LogP contribution is -2.34. The molecule has 5 nitrogen and oxygen atoms in total. The van der Waals surface area contributed by atoms with E-state index in [0.29, 0.717) is 36.1 Å². The molecule has 0 N–H and O–H groups in total. The van der Waals surface area contributed by atoms with Crippen molar-refractivity contribution in [3.05, 3.63) is 62.7 Å². The summed E-state index contributed by atoms with van der Waals surface area (Å²) in [4.78, 5) is 28.9. The molecule has 0 saturated heterocycles. The molecular formula is C21H25N3O2S. The third-order valence-corrected chi connectivity index (χ3v) is 5.50. The van der Waals surface area contributed by atoms with E-state index in [1.807, 2.05) is 42.6 Å². The molecule has 0 aliphatic rings. The van der Waals surface area contributed by atoms with E-state index in [4.69, 9.17) is 0 Å². The van der Waals surface area contributed by atoms with E-state index >= 15 is 0 Å². The summed E-state index contributed by atoms with van der Waals surface area (Å²) in [7, 11) is 0. The van der Waals surface area contributed by atoms with Gasteiger partial charge in [0.2, 0.25) is 0 Å². The van der Waals surface area contributed by atoms with Crippen LogP contribution in [0.1, 0.15) is 48.5 Å². The lowest BCUT2D eigenvalue weighted by Gasteiger charge is -2.21. The second-order valence-electron chi connectivity index (χ2n) is 6.53. The summed E-state index contributed by atoms with van der Waals surface area (Å²) in [5.74, 6) is -0.133. The Bertz CT molecular complexity index is 963. The van der Waals surface area contributed by atoms with Crippen molar-refractivity contribution in [1.82, 2.24) is 14.7 Å². The monoisotopic (exact) mass is 383 g/mol. The van der Waals surface area contributed by atoms with Gasteiger partial charge in [-0.3, -0.25) is 9.59 Å². The molecular weight excluding hydrogens is 358 g/mol. The highest BCUT2D eigenvalue weighted by molar-refractivity contribution is 7.09. The van der Waals surface area contributed by atoms with Crippen molar-refractivity contribution in [3.8, 4) is 0 Å². The predicted octanol–water partition coefficient (Wildman–Crippen LogP) is 4.31. The van der Waals surface area contributed by atoms with Gasteiger partial charge in [-0.1, -0.05) is 44.0 Å². The molecule has 2 heterocycles. The highest BCUT2D eigenvalue weighted by Gasteiger charge is 2.21. The maximum Gasteiger partial charge on any atom is 0.275 e. The van der Waals surface area contributed by atoms with Gasteiger partial charge in [-0.25, -0.2) is 4.68 Å². The van der Waals surface area contributed by atoms with E-state index in [2.05, 4.69) is 12.0 Å². The largest absolute Gasteiger partial charge is 0.332 e. The Kier molecular flexibility index (Phi) is 6.40. The van der Waals surface area contributed by atoms with Crippen LogP contribution in [-0.4, -0.2) is 27.1 Å². The number of unbranched alkanes of at least 4 members (excludes halogenated alkanes) is 2. The molecule has 27 heavy (non-hydrogen) atoms. The molecule has 0 saturated carbocycles. The number of rotatable bonds is 8. The van der Waals surface area contributed by atoms with Crippen LogP contribution in [0.2, 0.25) is 0 Å². The van der Waals surface area contributed by atoms with Gasteiger partial charge in [0.05, 0.1) is 11.9 Å². The molecule has 0 bridgehead atoms. The SMILES string of the molecule is CCCCCn1nc(C(=O)N(CC)Cc2cccs2)c2ccccc2c1=O. The molecule has 6 heteroatoms. The number of carbonyl (C=O) groups excluding carboxylic acids is 1. The van der Waals surface area contributed by atoms with Crippen LogP contribution < -0.4 is 5.56 Å². The molecule has 1 amide bonds. The highest BCUT2D eigenvalue weighted by atomic mass is 32.1. The van der Waals surface area contributed by atoms with Gasteiger partial charge in [0.25, 0.3) is 11.5 Å². The van der Waals surface area contributed by atoms with Crippen LogP contribution in [-0.2, 0) is 13.1 Å². The summed E-state index contributed by atoms with van der Waals surface area (Å²) in [5, 5.41) is 7.68. The first-order valence-corrected chi connectivity index (χ1v) is 10.3. The average Bonchev–Trinajstić information content (AvgIpc) is 3.21. The fraction of sp³-hybridized carbons (Fsp3) is 0.381. The van der Waals surface area contributed by atoms with Crippen molar-refractivity contribution in [2.24, 2.45) is 0 Å². The normalized spacial score (nSPS) is 11.0. The van der Waals surface area contributed by atoms with Gasteiger partial charge >= 0.3 is 0 Å². The molecule has 0 aliphatic heterocycles. The Morgan fingerprint density at radius 1 is 1.11 bits per heavy atom. The fourth-order valence-corrected chi connectivity index (χ4v) is 3.84. The van der Waals surface area contributed by atoms with Crippen LogP contribution in [0.3, 0.4) is 0 Å². The Morgan fingerprint density at radius 2 is 1.89 bits per heavy atom. The standard InChI is InChI=1S/C21H25N3O2S/c1-3-5-8-13-24-20(25)18-12-7-6-11-17(18)19(22-24)21(26)23(4-2)15-16-10-9-14-27-16/h6-7,9-12,14H,3-5,8,13,15H2,1-2H3. The van der Waals surface area contributed by atoms with Gasteiger partial charge in [0.15, 0.2) is 5.69 Å². The Balaban J connectivity index is 2.01. The number of hydrogen-bond donors (Lipinski definition) is 0. The zero-order valence-corrected chi connectivity index (χ0v) is 16.7. The first-order chi connectivity index (χ1) is 13.2. The van der Waals surface area contributed by atoms with Crippen molar-refractivity contribution in [2.75, 3.05) is 6.54 Å². The van der Waals surface area contributed by atoms with Gasteiger partial charge in [-0.15, -0.1) is 11.3 Å². The second kappa shape index (κ2) is 8.95. The quantitative estimate of drug-likeness (QED) is 0.545. The molecule has 1 aromatic carbocycles. The summed E-state index contributed by atoms with van der Waals surface area (Å²) >= 11 is 1.63. The van der Waals surface area contributed by atoms with Crippen molar-refractivity contribution in [2.45, 2.75) is 46.2 Å². The van der Waals surface area contributed by atoms with Crippen LogP contribution in [0.5, 0.6) is 0 Å². The smallest absolute Gasteiger partial charge is 0.275 e. The molecule has 0 fully saturated rings. The summed E-state index contributed by atoms with van der Waals surface area (Å²) in [6.45, 7) is 5.76. The van der Waals surface area contributed by atoms with Gasteiger partial charge in [-0.2, -0.15) is 5.10 Å². The average molecular weight is 384 g/mol. The van der Waals surface area contributed by atoms with E-state index in [1.54, 1.807) is 22.3 Å². The third kappa shape index (κ3) is 4.27. The van der Waals surface area contributed by atoms with Crippen molar-refractivity contribution < 1.29 is 4.79 Å². The number of amides is 1. The first-order valence-electron chi connectivity index (χ1n) is 9.47. The van der Waals surface area contributed by atoms with Crippen LogP contribution >= 0.6 is 11.3 Å². The fourth-order valence-electron chi connectivity index (χ4n) is 3.12. The van der Waals surface area contributed by atoms with Gasteiger partial charge in [0, 0.05) is 23.4 Å². The summed E-state index contributed by atoms with van der Waals surface area (Å²) in [5.41, 5.74) is 0.236. The number of fused-ring (bicyclic) bond motifs is 1. The second-order valence-corrected chi connectivity index (χ2v) is 7.56. The molecule has 0 radical (unpaired) electrons. The van der Waals surface area contributed by atoms with Crippen molar-refractivity contribution in [1.29, 1.82) is 0 Å². The lowest BCUT2D eigenvalue weighted by atomic mass is 10.1. The Labute approximate surface area is 163 Å². The molecule has 2 aromatic heterocycles. The predicted molar refractivity (Wildman–Crippen MR) is 110 cm³/mol. The minimum atomic E-state index is -0.133. The molecule has 3 aromatic rings. The van der Waals surface area contributed by atoms with Crippen molar-refractivity contribution in [3.63, 3.8) is 0 Å². The maximum absolute atomic E-state index is 13.3. The topological polar surface area (TPSA) is 55.2 Å². The highest BCUT2D eigenvalue weighted by Crippen LogP contribution is 2.18. The number of carbonyl (C=O) groups is 1. The van der Waals surface area contributed by atoms with Gasteiger partial charge < -0.3 is 4.90 Å². The minimum Gasteiger partial charge on any atom is -0.332 e. The summed E-state index contributed by atoms with van der Waals surface area (Å²) in [6.07, 6.45) is 2.98. The zero-order valence-electron chi connectivity index (χ0n) is 15.9. The van der Waals surface area contributed by atoms with Crippen LogP contribution in [0.4, 0.5) is 0 Å². The maximum atomic E-state index is 13.3. The van der Waals surface area contributed by atoms with E-state index in [-0.39, 0.29) is 11.5 Å². The van der Waals surface area contributed by atoms with Crippen LogP contribution in [0.25, 0.3) is 10.8 Å². The zero-order chi connectivity index (χ0) is 19.2.